The van der Waals surface area contributed by atoms with Crippen LogP contribution >= 0.6 is 7.14 Å². The lowest BCUT2D eigenvalue weighted by atomic mass is 9.97. The molecule has 13 heteroatoms. The summed E-state index contributed by atoms with van der Waals surface area (Å²) < 4.78 is 93.3. The van der Waals surface area contributed by atoms with Crippen molar-refractivity contribution in [1.82, 2.24) is 14.3 Å². The van der Waals surface area contributed by atoms with Gasteiger partial charge in [0.25, 0.3) is 0 Å². The molecule has 7 nitrogen and oxygen atoms in total. The number of nitrogens with zero attached hydrogens (tertiary/aromatic N) is 3. The number of alkyl halides is 4. The smallest absolute Gasteiger partial charge is 0.360 e. The molecule has 2 aromatic carbocycles. The second-order valence-electron chi connectivity index (χ2n) is 9.19. The molecule has 1 fully saturated rings. The van der Waals surface area contributed by atoms with Crippen LogP contribution in [0.15, 0.2) is 36.4 Å². The Morgan fingerprint density at radius 3 is 2.38 bits per heavy atom. The predicted octanol–water partition coefficient (Wildman–Crippen LogP) is 4.65. The number of hydrogen-bond donors (Lipinski definition) is 1. The number of fused-ring (bicyclic) bond motifs is 1. The van der Waals surface area contributed by atoms with Crippen molar-refractivity contribution < 1.29 is 30.5 Å². The molecule has 0 radical (unpaired) electrons. The minimum atomic E-state index is -4.58. The molecule has 2 heterocycles. The fraction of sp³-hybridized carbons (Fsp3) is 0.417. The summed E-state index contributed by atoms with van der Waals surface area (Å²) in [5.41, 5.74) is -0.268. The average molecular weight is 559 g/mol. The van der Waals surface area contributed by atoms with Gasteiger partial charge >= 0.3 is 6.18 Å². The summed E-state index contributed by atoms with van der Waals surface area (Å²) in [5, 5.41) is 3.92. The number of hydrogen-bond acceptors (Lipinski definition) is 6. The highest BCUT2D eigenvalue weighted by Gasteiger charge is 2.35. The first-order valence-corrected chi connectivity index (χ1v) is 15.5. The number of aromatic nitrogens is 2. The van der Waals surface area contributed by atoms with Gasteiger partial charge < -0.3 is 9.88 Å². The minimum absolute atomic E-state index is 0.0806. The lowest BCUT2D eigenvalue weighted by molar-refractivity contribution is -0.138. The molecule has 1 N–H and O–H groups in total. The molecule has 0 unspecified atom stereocenters. The van der Waals surface area contributed by atoms with E-state index in [0.717, 1.165) is 12.3 Å². The normalized spacial score (nSPS) is 17.6. The maximum absolute atomic E-state index is 14.2. The van der Waals surface area contributed by atoms with E-state index in [1.54, 1.807) is 25.1 Å². The molecular formula is C24H27F4N4O3PS. The number of anilines is 1. The number of sulfonamides is 1. The van der Waals surface area contributed by atoms with Crippen LogP contribution in [0.2, 0.25) is 0 Å². The molecule has 4 rings (SSSR count). The largest absolute Gasteiger partial charge is 0.416 e. The van der Waals surface area contributed by atoms with Gasteiger partial charge in [-0.15, -0.1) is 0 Å². The summed E-state index contributed by atoms with van der Waals surface area (Å²) in [7, 11) is -6.32. The second kappa shape index (κ2) is 9.96. The Balaban J connectivity index is 1.72. The predicted molar refractivity (Wildman–Crippen MR) is 136 cm³/mol. The zero-order valence-electron chi connectivity index (χ0n) is 20.5. The molecular weight excluding hydrogens is 531 g/mol. The van der Waals surface area contributed by atoms with E-state index in [1.807, 2.05) is 0 Å². The fourth-order valence-electron chi connectivity index (χ4n) is 4.66. The molecule has 1 aromatic heterocycles. The Bertz CT molecular complexity index is 1490. The Kier molecular flexibility index (Phi) is 7.40. The fourth-order valence-corrected chi connectivity index (χ4v) is 8.35. The molecule has 0 amide bonds. The van der Waals surface area contributed by atoms with Crippen molar-refractivity contribution in [3.63, 3.8) is 0 Å². The van der Waals surface area contributed by atoms with Gasteiger partial charge in [-0.25, -0.2) is 27.1 Å². The van der Waals surface area contributed by atoms with E-state index in [4.69, 9.17) is 0 Å². The monoisotopic (exact) mass is 558 g/mol. The lowest BCUT2D eigenvalue weighted by Gasteiger charge is -2.31. The van der Waals surface area contributed by atoms with Gasteiger partial charge in [0.05, 0.1) is 23.4 Å². The van der Waals surface area contributed by atoms with E-state index in [1.165, 1.54) is 23.4 Å². The van der Waals surface area contributed by atoms with Gasteiger partial charge in [-0.1, -0.05) is 12.1 Å². The Morgan fingerprint density at radius 1 is 1.11 bits per heavy atom. The van der Waals surface area contributed by atoms with E-state index >= 15 is 0 Å². The maximum Gasteiger partial charge on any atom is 0.416 e. The minimum Gasteiger partial charge on any atom is -0.360 e. The SMILES string of the molecule is Cc1nc(N[C@H](CF)c2cccc(C(F)(F)F)c2C)c2cc(P3(=O)CCN(S(C)(=O)=O)CC3)ccc2n1. The first kappa shape index (κ1) is 27.5. The van der Waals surface area contributed by atoms with Crippen LogP contribution in [0.25, 0.3) is 10.9 Å². The quantitative estimate of drug-likeness (QED) is 0.350. The summed E-state index contributed by atoms with van der Waals surface area (Å²) in [5.74, 6) is 0.583. The molecule has 0 aliphatic carbocycles. The van der Waals surface area contributed by atoms with Crippen LogP contribution in [-0.4, -0.2) is 61.0 Å². The van der Waals surface area contributed by atoms with Crippen molar-refractivity contribution in [1.29, 1.82) is 0 Å². The highest BCUT2D eigenvalue weighted by molar-refractivity contribution is 7.88. The Hall–Kier alpha value is -2.56. The summed E-state index contributed by atoms with van der Waals surface area (Å²) in [6.07, 6.45) is -3.10. The van der Waals surface area contributed by atoms with Gasteiger partial charge in [0, 0.05) is 36.1 Å². The van der Waals surface area contributed by atoms with Gasteiger partial charge in [-0.05, 0) is 49.2 Å². The van der Waals surface area contributed by atoms with E-state index < -0.39 is 41.6 Å². The van der Waals surface area contributed by atoms with Gasteiger partial charge in [-0.3, -0.25) is 0 Å². The highest BCUT2D eigenvalue weighted by atomic mass is 32.2. The lowest BCUT2D eigenvalue weighted by Crippen LogP contribution is -2.40. The van der Waals surface area contributed by atoms with E-state index in [9.17, 15) is 30.5 Å². The number of benzene rings is 2. The van der Waals surface area contributed by atoms with E-state index in [2.05, 4.69) is 15.3 Å². The number of rotatable bonds is 6. The topological polar surface area (TPSA) is 92.3 Å². The van der Waals surface area contributed by atoms with Crippen LogP contribution < -0.4 is 10.6 Å². The van der Waals surface area contributed by atoms with Crippen molar-refractivity contribution in [2.75, 3.05) is 43.7 Å². The Labute approximate surface area is 212 Å². The summed E-state index contributed by atoms with van der Waals surface area (Å²) in [6.45, 7) is 2.23. The second-order valence-corrected chi connectivity index (χ2v) is 14.4. The molecule has 0 saturated carbocycles. The first-order valence-electron chi connectivity index (χ1n) is 11.5. The Morgan fingerprint density at radius 2 is 1.78 bits per heavy atom. The highest BCUT2D eigenvalue weighted by Crippen LogP contribution is 2.47. The average Bonchev–Trinajstić information content (AvgIpc) is 2.81. The molecule has 1 saturated heterocycles. The molecule has 1 atom stereocenters. The van der Waals surface area contributed by atoms with Crippen LogP contribution in [-0.2, 0) is 20.8 Å². The maximum atomic E-state index is 14.2. The van der Waals surface area contributed by atoms with Crippen LogP contribution in [0.1, 0.15) is 28.6 Å². The summed E-state index contributed by atoms with van der Waals surface area (Å²) >= 11 is 0. The van der Waals surface area contributed by atoms with Crippen molar-refractivity contribution >= 4 is 39.2 Å². The van der Waals surface area contributed by atoms with Crippen LogP contribution in [0.5, 0.6) is 0 Å². The van der Waals surface area contributed by atoms with E-state index in [-0.39, 0.29) is 42.4 Å². The van der Waals surface area contributed by atoms with Crippen LogP contribution in [0.3, 0.4) is 0 Å². The molecule has 3 aromatic rings. The number of nitrogens with one attached hydrogen (secondary N) is 1. The molecule has 37 heavy (non-hydrogen) atoms. The van der Waals surface area contributed by atoms with Gasteiger partial charge in [0.2, 0.25) is 10.0 Å². The summed E-state index contributed by atoms with van der Waals surface area (Å²) in [6, 6.07) is 7.55. The van der Waals surface area contributed by atoms with Crippen LogP contribution in [0, 0.1) is 13.8 Å². The third-order valence-corrected chi connectivity index (χ3v) is 11.0. The van der Waals surface area contributed by atoms with Crippen molar-refractivity contribution in [2.45, 2.75) is 26.1 Å². The van der Waals surface area contributed by atoms with Crippen molar-refractivity contribution in [3.05, 3.63) is 58.9 Å². The molecule has 0 bridgehead atoms. The molecule has 200 valence electrons. The van der Waals surface area contributed by atoms with Crippen molar-refractivity contribution in [2.24, 2.45) is 0 Å². The van der Waals surface area contributed by atoms with Gasteiger partial charge in [-0.2, -0.15) is 13.2 Å². The van der Waals surface area contributed by atoms with Gasteiger partial charge in [0.15, 0.2) is 0 Å². The standard InChI is InChI=1S/C24H27F4N4O3PS/c1-15-18(5-4-6-20(15)24(26,27)28)22(14-25)31-23-19-13-17(7-8-21(19)29-16(2)30-23)36(33)11-9-32(10-12-36)37(3,34)35/h4-8,13,22H,9-12,14H2,1-3H3,(H,29,30,31)/t22-/m1/s1. The first-order chi connectivity index (χ1) is 17.2. The van der Waals surface area contributed by atoms with E-state index in [0.29, 0.717) is 22.0 Å². The third kappa shape index (κ3) is 5.66. The zero-order chi connectivity index (χ0) is 27.2. The van der Waals surface area contributed by atoms with Crippen LogP contribution in [0.4, 0.5) is 23.4 Å². The summed E-state index contributed by atoms with van der Waals surface area (Å²) in [4.78, 5) is 8.77. The van der Waals surface area contributed by atoms with Crippen molar-refractivity contribution in [3.8, 4) is 0 Å². The molecule has 1 aliphatic heterocycles. The van der Waals surface area contributed by atoms with Gasteiger partial charge in [0.1, 0.15) is 25.5 Å². The number of aryl methyl sites for hydroxylation is 1. The molecule has 1 aliphatic rings. The zero-order valence-corrected chi connectivity index (χ0v) is 22.2. The third-order valence-electron chi connectivity index (χ3n) is 6.67. The molecule has 0 spiro atoms. The number of halogens is 4.